The number of amides is 1. The summed E-state index contributed by atoms with van der Waals surface area (Å²) < 4.78 is 0. The van der Waals surface area contributed by atoms with Crippen LogP contribution >= 0.6 is 0 Å². The number of carbonyl (C=O) groups excluding carboxylic acids is 1. The van der Waals surface area contributed by atoms with Gasteiger partial charge in [-0.2, -0.15) is 0 Å². The van der Waals surface area contributed by atoms with Crippen LogP contribution in [0, 0.1) is 0 Å². The van der Waals surface area contributed by atoms with Gasteiger partial charge in [0.2, 0.25) is 5.91 Å². The fraction of sp³-hybridized carbons (Fsp3) is 0.941. The average molecular weight is 296 g/mol. The van der Waals surface area contributed by atoms with Crippen LogP contribution in [0.3, 0.4) is 0 Å². The first-order valence-electron chi connectivity index (χ1n) is 8.87. The molecule has 0 spiro atoms. The predicted molar refractivity (Wildman–Crippen MR) is 88.5 cm³/mol. The molecule has 0 aromatic rings. The largest absolute Gasteiger partial charge is 0.343 e. The molecule has 0 aromatic carbocycles. The molecule has 0 aromatic heterocycles. The quantitative estimate of drug-likeness (QED) is 0.621. The van der Waals surface area contributed by atoms with Gasteiger partial charge in [0.25, 0.3) is 0 Å². The summed E-state index contributed by atoms with van der Waals surface area (Å²) in [6.07, 6.45) is 6.27. The number of hydrogen-bond acceptors (Lipinski definition) is 2. The van der Waals surface area contributed by atoms with Gasteiger partial charge >= 0.3 is 0 Å². The second-order valence-electron chi connectivity index (χ2n) is 6.07. The van der Waals surface area contributed by atoms with E-state index in [2.05, 4.69) is 31.0 Å². The minimum absolute atomic E-state index is 0.334. The van der Waals surface area contributed by atoms with Gasteiger partial charge in [-0.25, -0.2) is 5.32 Å². The molecular weight excluding hydrogens is 262 g/mol. The van der Waals surface area contributed by atoms with Gasteiger partial charge in [0.05, 0.1) is 0 Å². The van der Waals surface area contributed by atoms with E-state index < -0.39 is 0 Å². The maximum absolute atomic E-state index is 12.4. The molecule has 0 atom stereocenters. The lowest BCUT2D eigenvalue weighted by molar-refractivity contribution is -0.131. The highest BCUT2D eigenvalue weighted by Crippen LogP contribution is 2.14. The lowest BCUT2D eigenvalue weighted by atomic mass is 10.0. The van der Waals surface area contributed by atoms with Crippen molar-refractivity contribution in [2.45, 2.75) is 65.3 Å². The maximum Gasteiger partial charge on any atom is 0.223 e. The molecule has 0 unspecified atom stereocenters. The van der Waals surface area contributed by atoms with Crippen molar-refractivity contribution >= 4 is 5.91 Å². The number of rotatable bonds is 10. The monoisotopic (exact) mass is 296 g/mol. The summed E-state index contributed by atoms with van der Waals surface area (Å²) in [4.78, 5) is 17.0. The van der Waals surface area contributed by atoms with E-state index in [0.717, 1.165) is 58.5 Å². The highest BCUT2D eigenvalue weighted by Gasteiger charge is 2.22. The van der Waals surface area contributed by atoms with E-state index in [0.29, 0.717) is 18.4 Å². The topological polar surface area (TPSA) is 37.7 Å². The zero-order valence-corrected chi connectivity index (χ0v) is 14.3. The first-order valence-corrected chi connectivity index (χ1v) is 8.87. The Balaban J connectivity index is 2.44. The average Bonchev–Trinajstić information content (AvgIpc) is 2.51. The molecule has 0 saturated carbocycles. The van der Waals surface area contributed by atoms with Crippen molar-refractivity contribution in [1.82, 2.24) is 15.1 Å². The fourth-order valence-electron chi connectivity index (χ4n) is 3.16. The van der Waals surface area contributed by atoms with Gasteiger partial charge in [-0.15, -0.1) is 0 Å². The predicted octanol–water partition coefficient (Wildman–Crippen LogP) is 2.50. The molecule has 21 heavy (non-hydrogen) atoms. The summed E-state index contributed by atoms with van der Waals surface area (Å²) in [7, 11) is 0. The van der Waals surface area contributed by atoms with Crippen LogP contribution in [0.4, 0.5) is 0 Å². The number of carbonyl (C=O) groups is 1. The minimum Gasteiger partial charge on any atom is -0.343 e. The summed E-state index contributed by atoms with van der Waals surface area (Å²) in [5, 5.41) is 4.44. The van der Waals surface area contributed by atoms with Crippen molar-refractivity contribution in [1.29, 1.82) is 0 Å². The molecular formula is C17H34N3O. The molecule has 1 saturated heterocycles. The van der Waals surface area contributed by atoms with E-state index in [9.17, 15) is 4.79 Å². The fourth-order valence-corrected chi connectivity index (χ4v) is 3.16. The first-order chi connectivity index (χ1) is 10.2. The van der Waals surface area contributed by atoms with Crippen LogP contribution in [0.5, 0.6) is 0 Å². The second-order valence-corrected chi connectivity index (χ2v) is 6.07. The Hall–Kier alpha value is -0.610. The Morgan fingerprint density at radius 1 is 0.952 bits per heavy atom. The summed E-state index contributed by atoms with van der Waals surface area (Å²) in [6.45, 7) is 12.3. The molecule has 4 nitrogen and oxygen atoms in total. The maximum atomic E-state index is 12.4. The van der Waals surface area contributed by atoms with Crippen molar-refractivity contribution in [3.63, 3.8) is 0 Å². The molecule has 0 N–H and O–H groups in total. The van der Waals surface area contributed by atoms with E-state index >= 15 is 0 Å². The number of piperidine rings is 1. The van der Waals surface area contributed by atoms with Crippen molar-refractivity contribution in [2.75, 3.05) is 39.3 Å². The minimum atomic E-state index is 0.334. The Kier molecular flexibility index (Phi) is 9.68. The molecule has 1 heterocycles. The molecule has 1 amide bonds. The highest BCUT2D eigenvalue weighted by atomic mass is 16.2. The summed E-state index contributed by atoms with van der Waals surface area (Å²) in [6, 6.07) is 0.640. The third kappa shape index (κ3) is 6.79. The van der Waals surface area contributed by atoms with Crippen LogP contribution in [0.1, 0.15) is 59.3 Å². The Morgan fingerprint density at radius 3 is 2.05 bits per heavy atom. The summed E-state index contributed by atoms with van der Waals surface area (Å²) in [5.41, 5.74) is 0. The van der Waals surface area contributed by atoms with E-state index in [1.807, 2.05) is 4.90 Å². The van der Waals surface area contributed by atoms with Crippen LogP contribution in [0.2, 0.25) is 0 Å². The Labute approximate surface area is 131 Å². The Morgan fingerprint density at radius 2 is 1.52 bits per heavy atom. The standard InChI is InChI=1S/C17H34N3O/c1-4-12-19(16-7-10-18-11-8-16)15-9-17(21)20(13-5-2)14-6-3/h16H,4-15H2,1-3H3. The van der Waals surface area contributed by atoms with Crippen LogP contribution in [-0.2, 0) is 4.79 Å². The second kappa shape index (κ2) is 11.0. The van der Waals surface area contributed by atoms with Gasteiger partial charge in [-0.05, 0) is 38.6 Å². The molecule has 0 aliphatic carbocycles. The van der Waals surface area contributed by atoms with Gasteiger partial charge in [0.1, 0.15) is 0 Å². The molecule has 1 rings (SSSR count). The van der Waals surface area contributed by atoms with Crippen LogP contribution < -0.4 is 5.32 Å². The SMILES string of the molecule is CCCN(CCC)C(=O)CCN(CCC)C1CC[N]CC1. The lowest BCUT2D eigenvalue weighted by Gasteiger charge is -2.34. The van der Waals surface area contributed by atoms with Gasteiger partial charge in [0.15, 0.2) is 0 Å². The molecule has 1 aliphatic rings. The van der Waals surface area contributed by atoms with Crippen molar-refractivity contribution in [3.8, 4) is 0 Å². The van der Waals surface area contributed by atoms with Gasteiger partial charge in [-0.3, -0.25) is 9.69 Å². The lowest BCUT2D eigenvalue weighted by Crippen LogP contribution is -2.43. The van der Waals surface area contributed by atoms with Crippen LogP contribution in [0.15, 0.2) is 0 Å². The van der Waals surface area contributed by atoms with Crippen LogP contribution in [0.25, 0.3) is 0 Å². The summed E-state index contributed by atoms with van der Waals surface area (Å²) >= 11 is 0. The van der Waals surface area contributed by atoms with E-state index in [4.69, 9.17) is 0 Å². The molecule has 0 bridgehead atoms. The third-order valence-electron chi connectivity index (χ3n) is 4.22. The smallest absolute Gasteiger partial charge is 0.223 e. The van der Waals surface area contributed by atoms with Crippen molar-refractivity contribution in [3.05, 3.63) is 0 Å². The van der Waals surface area contributed by atoms with E-state index in [1.54, 1.807) is 0 Å². The molecule has 1 radical (unpaired) electrons. The van der Waals surface area contributed by atoms with E-state index in [1.165, 1.54) is 12.8 Å². The van der Waals surface area contributed by atoms with Crippen molar-refractivity contribution in [2.24, 2.45) is 0 Å². The van der Waals surface area contributed by atoms with Gasteiger partial charge < -0.3 is 4.90 Å². The molecule has 1 aliphatic heterocycles. The number of hydrogen-bond donors (Lipinski definition) is 0. The zero-order chi connectivity index (χ0) is 15.5. The van der Waals surface area contributed by atoms with Crippen molar-refractivity contribution < 1.29 is 4.79 Å². The molecule has 4 heteroatoms. The highest BCUT2D eigenvalue weighted by molar-refractivity contribution is 5.76. The summed E-state index contributed by atoms with van der Waals surface area (Å²) in [5.74, 6) is 0.334. The van der Waals surface area contributed by atoms with Crippen LogP contribution in [-0.4, -0.2) is 61.0 Å². The normalized spacial score (nSPS) is 16.4. The third-order valence-corrected chi connectivity index (χ3v) is 4.22. The first kappa shape index (κ1) is 18.4. The Bertz CT molecular complexity index is 271. The number of nitrogens with zero attached hydrogens (tertiary/aromatic N) is 3. The molecule has 1 fully saturated rings. The van der Waals surface area contributed by atoms with Gasteiger partial charge in [0, 0.05) is 45.2 Å². The zero-order valence-electron chi connectivity index (χ0n) is 14.3. The van der Waals surface area contributed by atoms with Gasteiger partial charge in [-0.1, -0.05) is 20.8 Å². The van der Waals surface area contributed by atoms with E-state index in [-0.39, 0.29) is 0 Å². The molecule has 123 valence electrons.